The SMILES string of the molecule is CCCOc1ccc(N2C(=O)CC(NCC(C)C)C2=O)cc1. The Bertz CT molecular complexity index is 525. The van der Waals surface area contributed by atoms with Gasteiger partial charge in [-0.15, -0.1) is 0 Å². The molecule has 1 fully saturated rings. The summed E-state index contributed by atoms with van der Waals surface area (Å²) in [5.41, 5.74) is 0.604. The summed E-state index contributed by atoms with van der Waals surface area (Å²) in [4.78, 5) is 25.8. The number of ether oxygens (including phenoxy) is 1. The van der Waals surface area contributed by atoms with E-state index in [-0.39, 0.29) is 18.2 Å². The zero-order valence-corrected chi connectivity index (χ0v) is 13.5. The minimum atomic E-state index is -0.411. The number of amides is 2. The Morgan fingerprint density at radius 1 is 1.27 bits per heavy atom. The van der Waals surface area contributed by atoms with Crippen LogP contribution in [0.5, 0.6) is 5.75 Å². The van der Waals surface area contributed by atoms with Crippen molar-refractivity contribution in [3.63, 3.8) is 0 Å². The topological polar surface area (TPSA) is 58.6 Å². The minimum absolute atomic E-state index is 0.159. The maximum Gasteiger partial charge on any atom is 0.251 e. The summed E-state index contributed by atoms with van der Waals surface area (Å²) in [5, 5.41) is 3.16. The fraction of sp³-hybridized carbons (Fsp3) is 0.529. The van der Waals surface area contributed by atoms with E-state index in [1.165, 1.54) is 4.90 Å². The summed E-state index contributed by atoms with van der Waals surface area (Å²) < 4.78 is 5.51. The average molecular weight is 304 g/mol. The fourth-order valence-corrected chi connectivity index (χ4v) is 2.35. The van der Waals surface area contributed by atoms with E-state index in [4.69, 9.17) is 4.74 Å². The number of rotatable bonds is 7. The van der Waals surface area contributed by atoms with Crippen LogP contribution >= 0.6 is 0 Å². The summed E-state index contributed by atoms with van der Waals surface area (Å²) in [7, 11) is 0. The van der Waals surface area contributed by atoms with E-state index in [2.05, 4.69) is 19.2 Å². The molecule has 1 unspecified atom stereocenters. The quantitative estimate of drug-likeness (QED) is 0.786. The number of hydrogen-bond donors (Lipinski definition) is 1. The summed E-state index contributed by atoms with van der Waals surface area (Å²) in [6, 6.07) is 6.68. The van der Waals surface area contributed by atoms with Gasteiger partial charge < -0.3 is 10.1 Å². The van der Waals surface area contributed by atoms with Crippen molar-refractivity contribution in [2.24, 2.45) is 5.92 Å². The molecule has 5 heteroatoms. The number of benzene rings is 1. The third kappa shape index (κ3) is 3.85. The highest BCUT2D eigenvalue weighted by Gasteiger charge is 2.39. The highest BCUT2D eigenvalue weighted by Crippen LogP contribution is 2.25. The maximum atomic E-state index is 12.4. The van der Waals surface area contributed by atoms with Gasteiger partial charge in [-0.3, -0.25) is 9.59 Å². The van der Waals surface area contributed by atoms with Crippen LogP contribution < -0.4 is 15.0 Å². The van der Waals surface area contributed by atoms with Crippen molar-refractivity contribution in [2.75, 3.05) is 18.1 Å². The van der Waals surface area contributed by atoms with Crippen molar-refractivity contribution in [1.29, 1.82) is 0 Å². The number of carbonyl (C=O) groups excluding carboxylic acids is 2. The van der Waals surface area contributed by atoms with Crippen molar-refractivity contribution in [2.45, 2.75) is 39.7 Å². The molecule has 1 heterocycles. The number of nitrogens with zero attached hydrogens (tertiary/aromatic N) is 1. The molecule has 1 aliphatic heterocycles. The molecule has 0 aliphatic carbocycles. The summed E-state index contributed by atoms with van der Waals surface area (Å²) in [6.45, 7) is 7.56. The van der Waals surface area contributed by atoms with Crippen LogP contribution in [0.25, 0.3) is 0 Å². The maximum absolute atomic E-state index is 12.4. The van der Waals surface area contributed by atoms with Gasteiger partial charge in [0.15, 0.2) is 0 Å². The van der Waals surface area contributed by atoms with E-state index in [0.29, 0.717) is 18.2 Å². The first kappa shape index (κ1) is 16.5. The van der Waals surface area contributed by atoms with Crippen LogP contribution in [0.4, 0.5) is 5.69 Å². The van der Waals surface area contributed by atoms with E-state index in [0.717, 1.165) is 18.7 Å². The van der Waals surface area contributed by atoms with Crippen molar-refractivity contribution >= 4 is 17.5 Å². The lowest BCUT2D eigenvalue weighted by atomic mass is 10.2. The van der Waals surface area contributed by atoms with Crippen LogP contribution in [0.15, 0.2) is 24.3 Å². The van der Waals surface area contributed by atoms with Gasteiger partial charge in [0.2, 0.25) is 5.91 Å². The Labute approximate surface area is 131 Å². The van der Waals surface area contributed by atoms with Gasteiger partial charge in [-0.25, -0.2) is 4.90 Å². The molecule has 1 saturated heterocycles. The molecule has 0 spiro atoms. The lowest BCUT2D eigenvalue weighted by molar-refractivity contribution is -0.121. The molecule has 1 N–H and O–H groups in total. The first-order chi connectivity index (χ1) is 10.5. The van der Waals surface area contributed by atoms with Crippen LogP contribution in [0, 0.1) is 5.92 Å². The molecule has 0 bridgehead atoms. The number of hydrogen-bond acceptors (Lipinski definition) is 4. The van der Waals surface area contributed by atoms with Crippen LogP contribution in [-0.4, -0.2) is 31.0 Å². The smallest absolute Gasteiger partial charge is 0.251 e. The molecule has 2 rings (SSSR count). The molecule has 0 radical (unpaired) electrons. The van der Waals surface area contributed by atoms with Crippen LogP contribution in [-0.2, 0) is 9.59 Å². The second-order valence-electron chi connectivity index (χ2n) is 5.97. The Hall–Kier alpha value is -1.88. The minimum Gasteiger partial charge on any atom is -0.494 e. The van der Waals surface area contributed by atoms with Gasteiger partial charge in [-0.2, -0.15) is 0 Å². The molecule has 2 amide bonds. The molecular formula is C17H24N2O3. The lowest BCUT2D eigenvalue weighted by Crippen LogP contribution is -2.40. The molecular weight excluding hydrogens is 280 g/mol. The third-order valence-corrected chi connectivity index (χ3v) is 3.49. The Morgan fingerprint density at radius 2 is 1.95 bits per heavy atom. The van der Waals surface area contributed by atoms with Gasteiger partial charge in [-0.05, 0) is 43.1 Å². The normalized spacial score (nSPS) is 18.4. The standard InChI is InChI=1S/C17H24N2O3/c1-4-9-22-14-7-5-13(6-8-14)19-16(20)10-15(17(19)21)18-11-12(2)3/h5-8,12,15,18H,4,9-11H2,1-3H3. The predicted octanol–water partition coefficient (Wildman–Crippen LogP) is 2.35. The molecule has 1 aromatic carbocycles. The Morgan fingerprint density at radius 3 is 2.55 bits per heavy atom. The molecule has 5 nitrogen and oxygen atoms in total. The van der Waals surface area contributed by atoms with Crippen molar-refractivity contribution in [1.82, 2.24) is 5.32 Å². The molecule has 22 heavy (non-hydrogen) atoms. The van der Waals surface area contributed by atoms with Crippen LogP contribution in [0.3, 0.4) is 0 Å². The first-order valence-electron chi connectivity index (χ1n) is 7.86. The highest BCUT2D eigenvalue weighted by molar-refractivity contribution is 6.22. The Balaban J connectivity index is 2.05. The molecule has 1 atom stereocenters. The van der Waals surface area contributed by atoms with Gasteiger partial charge in [-0.1, -0.05) is 20.8 Å². The molecule has 0 saturated carbocycles. The molecule has 0 aromatic heterocycles. The molecule has 1 aliphatic rings. The Kier molecular flexibility index (Phi) is 5.55. The fourth-order valence-electron chi connectivity index (χ4n) is 2.35. The summed E-state index contributed by atoms with van der Waals surface area (Å²) >= 11 is 0. The van der Waals surface area contributed by atoms with Crippen LogP contribution in [0.1, 0.15) is 33.6 Å². The third-order valence-electron chi connectivity index (χ3n) is 3.49. The zero-order valence-electron chi connectivity index (χ0n) is 13.5. The average Bonchev–Trinajstić information content (AvgIpc) is 2.78. The van der Waals surface area contributed by atoms with Crippen molar-refractivity contribution in [3.05, 3.63) is 24.3 Å². The molecule has 120 valence electrons. The van der Waals surface area contributed by atoms with Gasteiger partial charge >= 0.3 is 0 Å². The first-order valence-corrected chi connectivity index (χ1v) is 7.86. The monoisotopic (exact) mass is 304 g/mol. The number of anilines is 1. The highest BCUT2D eigenvalue weighted by atomic mass is 16.5. The number of imide groups is 1. The number of carbonyl (C=O) groups is 2. The van der Waals surface area contributed by atoms with E-state index < -0.39 is 6.04 Å². The van der Waals surface area contributed by atoms with Gasteiger partial charge in [0, 0.05) is 0 Å². The van der Waals surface area contributed by atoms with Gasteiger partial charge in [0.25, 0.3) is 5.91 Å². The van der Waals surface area contributed by atoms with Gasteiger partial charge in [0.05, 0.1) is 24.8 Å². The van der Waals surface area contributed by atoms with E-state index in [1.807, 2.05) is 6.92 Å². The van der Waals surface area contributed by atoms with Crippen molar-refractivity contribution < 1.29 is 14.3 Å². The zero-order chi connectivity index (χ0) is 16.1. The summed E-state index contributed by atoms with van der Waals surface area (Å²) in [6.07, 6.45) is 1.16. The van der Waals surface area contributed by atoms with Crippen molar-refractivity contribution in [3.8, 4) is 5.75 Å². The largest absolute Gasteiger partial charge is 0.494 e. The lowest BCUT2D eigenvalue weighted by Gasteiger charge is -2.16. The number of nitrogens with one attached hydrogen (secondary N) is 1. The van der Waals surface area contributed by atoms with E-state index in [1.54, 1.807) is 24.3 Å². The second kappa shape index (κ2) is 7.40. The van der Waals surface area contributed by atoms with E-state index >= 15 is 0 Å². The predicted molar refractivity (Wildman–Crippen MR) is 86.0 cm³/mol. The molecule has 1 aromatic rings. The van der Waals surface area contributed by atoms with Crippen LogP contribution in [0.2, 0.25) is 0 Å². The van der Waals surface area contributed by atoms with Gasteiger partial charge in [0.1, 0.15) is 5.75 Å². The van der Waals surface area contributed by atoms with E-state index in [9.17, 15) is 9.59 Å². The summed E-state index contributed by atoms with van der Waals surface area (Å²) in [5.74, 6) is 0.854. The second-order valence-corrected chi connectivity index (χ2v) is 5.97.